The van der Waals surface area contributed by atoms with Crippen LogP contribution in [-0.4, -0.2) is 17.1 Å². The SMILES string of the molecule is COc1ccc(CNCc2cc([N+](=O)[O-])ccc2O)cc1. The first-order valence-corrected chi connectivity index (χ1v) is 6.40. The minimum absolute atomic E-state index is 0.0333. The fraction of sp³-hybridized carbons (Fsp3) is 0.200. The molecule has 0 bridgehead atoms. The lowest BCUT2D eigenvalue weighted by molar-refractivity contribution is -0.384. The average Bonchev–Trinajstić information content (AvgIpc) is 2.49. The van der Waals surface area contributed by atoms with Crippen molar-refractivity contribution in [3.8, 4) is 11.5 Å². The van der Waals surface area contributed by atoms with Crippen molar-refractivity contribution in [1.29, 1.82) is 0 Å². The van der Waals surface area contributed by atoms with Crippen molar-refractivity contribution >= 4 is 5.69 Å². The summed E-state index contributed by atoms with van der Waals surface area (Å²) in [5.74, 6) is 0.831. The Balaban J connectivity index is 1.96. The monoisotopic (exact) mass is 288 g/mol. The first kappa shape index (κ1) is 14.8. The molecule has 2 rings (SSSR count). The molecule has 6 nitrogen and oxygen atoms in total. The van der Waals surface area contributed by atoms with Gasteiger partial charge in [0.15, 0.2) is 0 Å². The standard InChI is InChI=1S/C15H16N2O4/c1-21-14-5-2-11(3-6-14)9-16-10-12-8-13(17(19)20)4-7-15(12)18/h2-8,16,18H,9-10H2,1H3. The van der Waals surface area contributed by atoms with Gasteiger partial charge >= 0.3 is 0 Å². The summed E-state index contributed by atoms with van der Waals surface area (Å²) in [7, 11) is 1.61. The van der Waals surface area contributed by atoms with E-state index in [1.54, 1.807) is 7.11 Å². The topological polar surface area (TPSA) is 84.6 Å². The highest BCUT2D eigenvalue weighted by Crippen LogP contribution is 2.22. The smallest absolute Gasteiger partial charge is 0.270 e. The second-order valence-corrected chi connectivity index (χ2v) is 4.52. The number of rotatable bonds is 6. The summed E-state index contributed by atoms with van der Waals surface area (Å²) in [6, 6.07) is 11.6. The molecule has 2 aromatic carbocycles. The summed E-state index contributed by atoms with van der Waals surface area (Å²) in [6.45, 7) is 0.936. The lowest BCUT2D eigenvalue weighted by atomic mass is 10.1. The van der Waals surface area contributed by atoms with Crippen LogP contribution in [0.15, 0.2) is 42.5 Å². The minimum Gasteiger partial charge on any atom is -0.508 e. The van der Waals surface area contributed by atoms with Gasteiger partial charge in [0.05, 0.1) is 12.0 Å². The third-order valence-electron chi connectivity index (χ3n) is 3.08. The van der Waals surface area contributed by atoms with Crippen molar-refractivity contribution in [1.82, 2.24) is 5.32 Å². The number of phenolic OH excluding ortho intramolecular Hbond substituents is 1. The van der Waals surface area contributed by atoms with Crippen LogP contribution in [0.25, 0.3) is 0 Å². The van der Waals surface area contributed by atoms with Crippen LogP contribution < -0.4 is 10.1 Å². The van der Waals surface area contributed by atoms with Crippen LogP contribution in [0.1, 0.15) is 11.1 Å². The summed E-state index contributed by atoms with van der Waals surface area (Å²) in [5.41, 5.74) is 1.52. The van der Waals surface area contributed by atoms with E-state index in [9.17, 15) is 15.2 Å². The van der Waals surface area contributed by atoms with Gasteiger partial charge in [-0.3, -0.25) is 10.1 Å². The molecule has 0 aliphatic carbocycles. The quantitative estimate of drug-likeness (QED) is 0.630. The number of non-ortho nitro benzene ring substituents is 1. The fourth-order valence-electron chi connectivity index (χ4n) is 1.91. The maximum atomic E-state index is 10.7. The predicted molar refractivity (Wildman–Crippen MR) is 78.3 cm³/mol. The van der Waals surface area contributed by atoms with Crippen LogP contribution in [0.3, 0.4) is 0 Å². The van der Waals surface area contributed by atoms with E-state index >= 15 is 0 Å². The van der Waals surface area contributed by atoms with Gasteiger partial charge in [-0.1, -0.05) is 12.1 Å². The van der Waals surface area contributed by atoms with E-state index in [4.69, 9.17) is 4.74 Å². The normalized spacial score (nSPS) is 10.3. The first-order valence-electron chi connectivity index (χ1n) is 6.40. The highest BCUT2D eigenvalue weighted by Gasteiger charge is 2.09. The Bertz CT molecular complexity index is 626. The van der Waals surface area contributed by atoms with Gasteiger partial charge in [0, 0.05) is 30.8 Å². The van der Waals surface area contributed by atoms with Gasteiger partial charge in [-0.2, -0.15) is 0 Å². The molecule has 0 aliphatic rings. The van der Waals surface area contributed by atoms with Crippen LogP contribution in [0, 0.1) is 10.1 Å². The summed E-state index contributed by atoms with van der Waals surface area (Å²) in [6.07, 6.45) is 0. The molecule has 110 valence electrons. The number of methoxy groups -OCH3 is 1. The lowest BCUT2D eigenvalue weighted by Crippen LogP contribution is -2.12. The van der Waals surface area contributed by atoms with E-state index in [0.29, 0.717) is 18.7 Å². The van der Waals surface area contributed by atoms with E-state index in [0.717, 1.165) is 11.3 Å². The van der Waals surface area contributed by atoms with E-state index in [2.05, 4.69) is 5.32 Å². The molecule has 0 aliphatic heterocycles. The van der Waals surface area contributed by atoms with Crippen molar-refractivity contribution in [2.45, 2.75) is 13.1 Å². The largest absolute Gasteiger partial charge is 0.508 e. The van der Waals surface area contributed by atoms with Crippen LogP contribution in [-0.2, 0) is 13.1 Å². The van der Waals surface area contributed by atoms with Crippen LogP contribution in [0.4, 0.5) is 5.69 Å². The maximum absolute atomic E-state index is 10.7. The molecular formula is C15H16N2O4. The Labute approximate surface area is 122 Å². The van der Waals surface area contributed by atoms with Crippen molar-refractivity contribution in [3.63, 3.8) is 0 Å². The number of aromatic hydroxyl groups is 1. The molecule has 0 aromatic heterocycles. The Kier molecular flexibility index (Phi) is 4.73. The molecule has 6 heteroatoms. The van der Waals surface area contributed by atoms with Gasteiger partial charge in [-0.15, -0.1) is 0 Å². The number of nitro benzene ring substituents is 1. The fourth-order valence-corrected chi connectivity index (χ4v) is 1.91. The Morgan fingerprint density at radius 2 is 1.90 bits per heavy atom. The van der Waals surface area contributed by atoms with E-state index in [-0.39, 0.29) is 11.4 Å². The third kappa shape index (κ3) is 3.93. The number of ether oxygens (including phenoxy) is 1. The number of nitrogens with zero attached hydrogens (tertiary/aromatic N) is 1. The van der Waals surface area contributed by atoms with Crippen molar-refractivity contribution in [2.75, 3.05) is 7.11 Å². The first-order chi connectivity index (χ1) is 10.1. The van der Waals surface area contributed by atoms with Crippen molar-refractivity contribution in [3.05, 3.63) is 63.7 Å². The van der Waals surface area contributed by atoms with Crippen LogP contribution in [0.2, 0.25) is 0 Å². The number of phenols is 1. The second kappa shape index (κ2) is 6.71. The Morgan fingerprint density at radius 3 is 2.52 bits per heavy atom. The molecule has 0 saturated carbocycles. The zero-order valence-electron chi connectivity index (χ0n) is 11.6. The van der Waals surface area contributed by atoms with Gasteiger partial charge in [0.25, 0.3) is 5.69 Å². The summed E-state index contributed by atoms with van der Waals surface area (Å²) < 4.78 is 5.08. The molecule has 2 aromatic rings. The molecule has 0 saturated heterocycles. The zero-order valence-corrected chi connectivity index (χ0v) is 11.6. The number of hydrogen-bond donors (Lipinski definition) is 2. The third-order valence-corrected chi connectivity index (χ3v) is 3.08. The molecule has 0 atom stereocenters. The molecule has 0 spiro atoms. The van der Waals surface area contributed by atoms with Crippen LogP contribution in [0.5, 0.6) is 11.5 Å². The molecular weight excluding hydrogens is 272 g/mol. The summed E-state index contributed by atoms with van der Waals surface area (Å²) in [4.78, 5) is 10.2. The van der Waals surface area contributed by atoms with Crippen molar-refractivity contribution in [2.24, 2.45) is 0 Å². The number of benzene rings is 2. The summed E-state index contributed by atoms with van der Waals surface area (Å²) in [5, 5.41) is 23.6. The van der Waals surface area contributed by atoms with Gasteiger partial charge in [0.2, 0.25) is 0 Å². The predicted octanol–water partition coefficient (Wildman–Crippen LogP) is 2.60. The molecule has 2 N–H and O–H groups in total. The zero-order chi connectivity index (χ0) is 15.2. The molecule has 0 unspecified atom stereocenters. The second-order valence-electron chi connectivity index (χ2n) is 4.52. The highest BCUT2D eigenvalue weighted by atomic mass is 16.6. The highest BCUT2D eigenvalue weighted by molar-refractivity contribution is 5.43. The van der Waals surface area contributed by atoms with Gasteiger partial charge in [0.1, 0.15) is 11.5 Å². The number of nitrogens with one attached hydrogen (secondary N) is 1. The minimum atomic E-state index is -0.480. The Hall–Kier alpha value is -2.60. The number of hydrogen-bond acceptors (Lipinski definition) is 5. The Morgan fingerprint density at radius 1 is 1.19 bits per heavy atom. The molecule has 21 heavy (non-hydrogen) atoms. The van der Waals surface area contributed by atoms with E-state index < -0.39 is 4.92 Å². The van der Waals surface area contributed by atoms with Gasteiger partial charge in [-0.05, 0) is 23.8 Å². The number of nitro groups is 1. The van der Waals surface area contributed by atoms with Crippen molar-refractivity contribution < 1.29 is 14.8 Å². The summed E-state index contributed by atoms with van der Waals surface area (Å²) >= 11 is 0. The van der Waals surface area contributed by atoms with Gasteiger partial charge in [-0.25, -0.2) is 0 Å². The lowest BCUT2D eigenvalue weighted by Gasteiger charge is -2.07. The molecule has 0 radical (unpaired) electrons. The van der Waals surface area contributed by atoms with Gasteiger partial charge < -0.3 is 15.2 Å². The maximum Gasteiger partial charge on any atom is 0.270 e. The molecule has 0 amide bonds. The van der Waals surface area contributed by atoms with E-state index in [1.807, 2.05) is 24.3 Å². The van der Waals surface area contributed by atoms with E-state index in [1.165, 1.54) is 18.2 Å². The average molecular weight is 288 g/mol. The van der Waals surface area contributed by atoms with Crippen LogP contribution >= 0.6 is 0 Å². The molecule has 0 heterocycles. The molecule has 0 fully saturated rings.